The molecule has 4 atom stereocenters. The second-order valence-electron chi connectivity index (χ2n) is 8.61. The maximum atomic E-state index is 14.1. The Morgan fingerprint density at radius 2 is 2.00 bits per heavy atom. The molecule has 2 heterocycles. The summed E-state index contributed by atoms with van der Waals surface area (Å²) in [6, 6.07) is -2.60. The summed E-state index contributed by atoms with van der Waals surface area (Å²) >= 11 is 0. The van der Waals surface area contributed by atoms with Crippen molar-refractivity contribution < 1.29 is 22.5 Å². The molecule has 1 aromatic rings. The standard InChI is InChI=1S/C18H26F3N5O2/c1-17(15-24-14(28-25-15)10-9-11(10)19)5-7-26(8-6-17)16(27)23-13-12(22)3-2-4-18(13,20)21/h10-13H,2-9,22H2,1H3,(H,23,27)/t10-,11+,12+,13-/m1/s1. The lowest BCUT2D eigenvalue weighted by atomic mass is 9.79. The molecule has 0 bridgehead atoms. The van der Waals surface area contributed by atoms with Gasteiger partial charge in [0.1, 0.15) is 12.2 Å². The summed E-state index contributed by atoms with van der Waals surface area (Å²) in [4.78, 5) is 18.4. The maximum absolute atomic E-state index is 14.1. The number of urea groups is 1. The molecule has 3 aliphatic rings. The number of amides is 2. The number of carbonyl (C=O) groups is 1. The Morgan fingerprint density at radius 1 is 1.32 bits per heavy atom. The number of hydrogen-bond donors (Lipinski definition) is 2. The summed E-state index contributed by atoms with van der Waals surface area (Å²) in [6.45, 7) is 2.74. The van der Waals surface area contributed by atoms with Crippen LogP contribution in [0.1, 0.15) is 63.1 Å². The highest BCUT2D eigenvalue weighted by molar-refractivity contribution is 5.75. The zero-order valence-electron chi connectivity index (χ0n) is 15.8. The third-order valence-electron chi connectivity index (χ3n) is 6.38. The molecule has 4 rings (SSSR count). The molecule has 156 valence electrons. The van der Waals surface area contributed by atoms with E-state index in [0.29, 0.717) is 56.9 Å². The van der Waals surface area contributed by atoms with E-state index >= 15 is 0 Å². The summed E-state index contributed by atoms with van der Waals surface area (Å²) in [6.07, 6.45) is 1.21. The molecule has 1 saturated heterocycles. The minimum absolute atomic E-state index is 0.259. The normalized spacial score (nSPS) is 34.1. The third-order valence-corrected chi connectivity index (χ3v) is 6.38. The number of carbonyl (C=O) groups excluding carboxylic acids is 1. The second-order valence-corrected chi connectivity index (χ2v) is 8.61. The van der Waals surface area contributed by atoms with Gasteiger partial charge in [0.05, 0.1) is 5.92 Å². The monoisotopic (exact) mass is 401 g/mol. The Hall–Kier alpha value is -1.84. The highest BCUT2D eigenvalue weighted by atomic mass is 19.3. The predicted molar refractivity (Wildman–Crippen MR) is 93.8 cm³/mol. The topological polar surface area (TPSA) is 97.3 Å². The number of hydrogen-bond acceptors (Lipinski definition) is 5. The van der Waals surface area contributed by atoms with Crippen LogP contribution in [0.4, 0.5) is 18.0 Å². The predicted octanol–water partition coefficient (Wildman–Crippen LogP) is 2.47. The fourth-order valence-corrected chi connectivity index (χ4v) is 4.12. The molecule has 10 heteroatoms. The van der Waals surface area contributed by atoms with Crippen molar-refractivity contribution in [2.24, 2.45) is 5.73 Å². The molecule has 3 fully saturated rings. The first-order valence-corrected chi connectivity index (χ1v) is 9.87. The molecule has 28 heavy (non-hydrogen) atoms. The second kappa shape index (κ2) is 6.89. The first-order chi connectivity index (χ1) is 13.2. The quantitative estimate of drug-likeness (QED) is 0.811. The lowest BCUT2D eigenvalue weighted by Gasteiger charge is -2.40. The SMILES string of the molecule is CC1(c2noc([C@@H]3C[C@@H]3F)n2)CCN(C(=O)N[C@@H]2[C@@H](N)CCCC2(F)F)CC1. The number of likely N-dealkylation sites (tertiary alicyclic amines) is 1. The number of nitrogens with two attached hydrogens (primary N) is 1. The van der Waals surface area contributed by atoms with Crippen LogP contribution >= 0.6 is 0 Å². The van der Waals surface area contributed by atoms with Crippen molar-refractivity contribution in [2.45, 2.75) is 81.0 Å². The van der Waals surface area contributed by atoms with Gasteiger partial charge in [0.15, 0.2) is 5.82 Å². The van der Waals surface area contributed by atoms with Crippen molar-refractivity contribution in [2.75, 3.05) is 13.1 Å². The highest BCUT2D eigenvalue weighted by Crippen LogP contribution is 2.43. The van der Waals surface area contributed by atoms with E-state index in [2.05, 4.69) is 15.5 Å². The first kappa shape index (κ1) is 19.5. The van der Waals surface area contributed by atoms with E-state index in [1.165, 1.54) is 4.90 Å². The van der Waals surface area contributed by atoms with Gasteiger partial charge in [-0.2, -0.15) is 4.98 Å². The number of alkyl halides is 3. The summed E-state index contributed by atoms with van der Waals surface area (Å²) in [7, 11) is 0. The summed E-state index contributed by atoms with van der Waals surface area (Å²) in [5, 5.41) is 6.46. The van der Waals surface area contributed by atoms with Crippen molar-refractivity contribution in [1.29, 1.82) is 0 Å². The summed E-state index contributed by atoms with van der Waals surface area (Å²) in [5.41, 5.74) is 5.43. The van der Waals surface area contributed by atoms with Gasteiger partial charge in [-0.05, 0) is 32.1 Å². The average molecular weight is 401 g/mol. The van der Waals surface area contributed by atoms with Crippen molar-refractivity contribution in [3.8, 4) is 0 Å². The van der Waals surface area contributed by atoms with Gasteiger partial charge < -0.3 is 20.5 Å². The zero-order chi connectivity index (χ0) is 20.1. The van der Waals surface area contributed by atoms with E-state index in [9.17, 15) is 18.0 Å². The summed E-state index contributed by atoms with van der Waals surface area (Å²) in [5.74, 6) is -2.44. The Kier molecular flexibility index (Phi) is 4.79. The Labute approximate surface area is 161 Å². The molecule has 1 aromatic heterocycles. The number of piperidine rings is 1. The molecule has 7 nitrogen and oxygen atoms in total. The molecular formula is C18H26F3N5O2. The number of nitrogens with one attached hydrogen (secondary N) is 1. The van der Waals surface area contributed by atoms with Gasteiger partial charge in [-0.15, -0.1) is 0 Å². The Bertz CT molecular complexity index is 735. The van der Waals surface area contributed by atoms with Crippen molar-refractivity contribution in [3.05, 3.63) is 11.7 Å². The number of aromatic nitrogens is 2. The molecule has 0 aromatic carbocycles. The van der Waals surface area contributed by atoms with E-state index in [-0.39, 0.29) is 12.3 Å². The largest absolute Gasteiger partial charge is 0.339 e. The fourth-order valence-electron chi connectivity index (χ4n) is 4.12. The van der Waals surface area contributed by atoms with Gasteiger partial charge in [-0.1, -0.05) is 12.1 Å². The van der Waals surface area contributed by atoms with Crippen LogP contribution in [0.2, 0.25) is 0 Å². The van der Waals surface area contributed by atoms with Gasteiger partial charge in [-0.25, -0.2) is 18.0 Å². The van der Waals surface area contributed by atoms with E-state index in [1.807, 2.05) is 6.92 Å². The Morgan fingerprint density at radius 3 is 2.61 bits per heavy atom. The van der Waals surface area contributed by atoms with Crippen LogP contribution in [0.3, 0.4) is 0 Å². The van der Waals surface area contributed by atoms with Crippen LogP contribution in [0, 0.1) is 0 Å². The smallest absolute Gasteiger partial charge is 0.317 e. The minimum Gasteiger partial charge on any atom is -0.339 e. The van der Waals surface area contributed by atoms with Gasteiger partial charge in [0, 0.05) is 31.0 Å². The van der Waals surface area contributed by atoms with Crippen LogP contribution in [0.15, 0.2) is 4.52 Å². The average Bonchev–Trinajstić information content (AvgIpc) is 3.16. The van der Waals surface area contributed by atoms with Gasteiger partial charge in [0.25, 0.3) is 5.92 Å². The van der Waals surface area contributed by atoms with E-state index in [0.717, 1.165) is 0 Å². The lowest BCUT2D eigenvalue weighted by Crippen LogP contribution is -2.62. The van der Waals surface area contributed by atoms with E-state index in [1.54, 1.807) is 0 Å². The zero-order valence-corrected chi connectivity index (χ0v) is 15.8. The van der Waals surface area contributed by atoms with Gasteiger partial charge >= 0.3 is 6.03 Å². The molecular weight excluding hydrogens is 375 g/mol. The molecule has 0 spiro atoms. The Balaban J connectivity index is 1.35. The molecule has 0 radical (unpaired) electrons. The van der Waals surface area contributed by atoms with Crippen LogP contribution < -0.4 is 11.1 Å². The maximum Gasteiger partial charge on any atom is 0.317 e. The molecule has 2 aliphatic carbocycles. The lowest BCUT2D eigenvalue weighted by molar-refractivity contribution is -0.0675. The molecule has 1 aliphatic heterocycles. The van der Waals surface area contributed by atoms with E-state index < -0.39 is 35.6 Å². The van der Waals surface area contributed by atoms with Crippen LogP contribution in [-0.2, 0) is 5.41 Å². The molecule has 2 saturated carbocycles. The third kappa shape index (κ3) is 3.58. The highest BCUT2D eigenvalue weighted by Gasteiger charge is 2.48. The van der Waals surface area contributed by atoms with Crippen molar-refractivity contribution in [1.82, 2.24) is 20.4 Å². The van der Waals surface area contributed by atoms with Crippen molar-refractivity contribution in [3.63, 3.8) is 0 Å². The van der Waals surface area contributed by atoms with Gasteiger partial charge in [0.2, 0.25) is 5.89 Å². The van der Waals surface area contributed by atoms with Crippen LogP contribution in [0.5, 0.6) is 0 Å². The van der Waals surface area contributed by atoms with Crippen LogP contribution in [0.25, 0.3) is 0 Å². The van der Waals surface area contributed by atoms with Crippen LogP contribution in [-0.4, -0.2) is 58.3 Å². The van der Waals surface area contributed by atoms with Gasteiger partial charge in [-0.3, -0.25) is 0 Å². The molecule has 2 amide bonds. The number of nitrogens with zero attached hydrogens (tertiary/aromatic N) is 3. The fraction of sp³-hybridized carbons (Fsp3) is 0.833. The molecule has 3 N–H and O–H groups in total. The minimum atomic E-state index is -2.99. The number of rotatable bonds is 3. The first-order valence-electron chi connectivity index (χ1n) is 9.87. The van der Waals surface area contributed by atoms with Crippen molar-refractivity contribution >= 4 is 6.03 Å². The molecule has 0 unspecified atom stereocenters. The van der Waals surface area contributed by atoms with E-state index in [4.69, 9.17) is 10.3 Å². The number of halogens is 3. The summed E-state index contributed by atoms with van der Waals surface area (Å²) < 4.78 is 46.6.